The van der Waals surface area contributed by atoms with Crippen molar-refractivity contribution in [1.29, 1.82) is 0 Å². The Hall–Kier alpha value is -1.55. The highest BCUT2D eigenvalue weighted by Gasteiger charge is 2.25. The van der Waals surface area contributed by atoms with E-state index in [1.54, 1.807) is 12.1 Å². The van der Waals surface area contributed by atoms with Crippen LogP contribution in [0.4, 0.5) is 5.69 Å². The van der Waals surface area contributed by atoms with Gasteiger partial charge in [-0.25, -0.2) is 0 Å². The SMILES string of the molecule is Cc1ccc(N)c(C(=O)N[C@H]2CCCC[C@@H]2O)c1. The fourth-order valence-corrected chi connectivity index (χ4v) is 2.39. The number of carbonyl (C=O) groups excluding carboxylic acids is 1. The molecule has 1 fully saturated rings. The fourth-order valence-electron chi connectivity index (χ4n) is 2.39. The Balaban J connectivity index is 2.09. The first-order valence-electron chi connectivity index (χ1n) is 6.43. The molecular weight excluding hydrogens is 228 g/mol. The van der Waals surface area contributed by atoms with Gasteiger partial charge in [0.05, 0.1) is 17.7 Å². The van der Waals surface area contributed by atoms with Gasteiger partial charge in [-0.2, -0.15) is 0 Å². The summed E-state index contributed by atoms with van der Waals surface area (Å²) in [5.41, 5.74) is 7.77. The van der Waals surface area contributed by atoms with E-state index in [1.807, 2.05) is 13.0 Å². The number of nitrogens with two attached hydrogens (primary N) is 1. The maximum absolute atomic E-state index is 12.1. The summed E-state index contributed by atoms with van der Waals surface area (Å²) in [5, 5.41) is 12.7. The van der Waals surface area contributed by atoms with Gasteiger partial charge in [0, 0.05) is 5.69 Å². The zero-order chi connectivity index (χ0) is 13.1. The highest BCUT2D eigenvalue weighted by Crippen LogP contribution is 2.20. The lowest BCUT2D eigenvalue weighted by Crippen LogP contribution is -2.45. The molecule has 4 heteroatoms. The molecule has 0 unspecified atom stereocenters. The number of rotatable bonds is 2. The summed E-state index contributed by atoms with van der Waals surface area (Å²) in [6, 6.07) is 5.24. The van der Waals surface area contributed by atoms with Crippen molar-refractivity contribution in [3.63, 3.8) is 0 Å². The summed E-state index contributed by atoms with van der Waals surface area (Å²) < 4.78 is 0. The number of anilines is 1. The number of hydrogen-bond donors (Lipinski definition) is 3. The molecule has 2 rings (SSSR count). The first kappa shape index (κ1) is 12.9. The van der Waals surface area contributed by atoms with Gasteiger partial charge in [0.1, 0.15) is 0 Å². The lowest BCUT2D eigenvalue weighted by Gasteiger charge is -2.28. The summed E-state index contributed by atoms with van der Waals surface area (Å²) >= 11 is 0. The number of aliphatic hydroxyl groups is 1. The smallest absolute Gasteiger partial charge is 0.253 e. The van der Waals surface area contributed by atoms with Gasteiger partial charge in [-0.15, -0.1) is 0 Å². The molecule has 1 aromatic carbocycles. The molecule has 0 heterocycles. The van der Waals surface area contributed by atoms with Crippen molar-refractivity contribution in [2.75, 3.05) is 5.73 Å². The third-order valence-corrected chi connectivity index (χ3v) is 3.50. The molecule has 1 aliphatic carbocycles. The molecule has 1 aliphatic rings. The van der Waals surface area contributed by atoms with Crippen LogP contribution in [0.5, 0.6) is 0 Å². The highest BCUT2D eigenvalue weighted by molar-refractivity contribution is 5.99. The molecule has 0 radical (unpaired) electrons. The Kier molecular flexibility index (Phi) is 3.87. The average molecular weight is 248 g/mol. The van der Waals surface area contributed by atoms with Crippen LogP contribution in [0.2, 0.25) is 0 Å². The Morgan fingerprint density at radius 3 is 2.83 bits per heavy atom. The lowest BCUT2D eigenvalue weighted by atomic mass is 9.92. The fraction of sp³-hybridized carbons (Fsp3) is 0.500. The van der Waals surface area contributed by atoms with Gasteiger partial charge in [-0.3, -0.25) is 4.79 Å². The second-order valence-electron chi connectivity index (χ2n) is 5.02. The highest BCUT2D eigenvalue weighted by atomic mass is 16.3. The van der Waals surface area contributed by atoms with Crippen molar-refractivity contribution in [2.24, 2.45) is 0 Å². The van der Waals surface area contributed by atoms with E-state index in [0.717, 1.165) is 31.2 Å². The van der Waals surface area contributed by atoms with Crippen molar-refractivity contribution in [3.05, 3.63) is 29.3 Å². The van der Waals surface area contributed by atoms with E-state index in [1.165, 1.54) is 0 Å². The third kappa shape index (κ3) is 2.82. The van der Waals surface area contributed by atoms with Crippen LogP contribution in [0.3, 0.4) is 0 Å². The molecule has 1 saturated carbocycles. The van der Waals surface area contributed by atoms with Crippen LogP contribution in [0.1, 0.15) is 41.6 Å². The van der Waals surface area contributed by atoms with Crippen LogP contribution >= 0.6 is 0 Å². The minimum atomic E-state index is -0.436. The van der Waals surface area contributed by atoms with Crippen molar-refractivity contribution >= 4 is 11.6 Å². The molecule has 0 aliphatic heterocycles. The van der Waals surface area contributed by atoms with Gasteiger partial charge >= 0.3 is 0 Å². The summed E-state index contributed by atoms with van der Waals surface area (Å²) in [6.07, 6.45) is 3.23. The molecule has 0 saturated heterocycles. The van der Waals surface area contributed by atoms with E-state index in [9.17, 15) is 9.90 Å². The van der Waals surface area contributed by atoms with E-state index >= 15 is 0 Å². The summed E-state index contributed by atoms with van der Waals surface area (Å²) in [7, 11) is 0. The lowest BCUT2D eigenvalue weighted by molar-refractivity contribution is 0.0718. The number of carbonyl (C=O) groups is 1. The van der Waals surface area contributed by atoms with Crippen LogP contribution in [0.15, 0.2) is 18.2 Å². The topological polar surface area (TPSA) is 75.4 Å². The molecule has 1 aromatic rings. The number of aliphatic hydroxyl groups excluding tert-OH is 1. The van der Waals surface area contributed by atoms with Crippen LogP contribution in [0, 0.1) is 6.92 Å². The summed E-state index contributed by atoms with van der Waals surface area (Å²) in [6.45, 7) is 1.92. The molecule has 18 heavy (non-hydrogen) atoms. The van der Waals surface area contributed by atoms with E-state index in [-0.39, 0.29) is 11.9 Å². The predicted octanol–water partition coefficient (Wildman–Crippen LogP) is 1.61. The van der Waals surface area contributed by atoms with Crippen LogP contribution in [0.25, 0.3) is 0 Å². The zero-order valence-corrected chi connectivity index (χ0v) is 10.6. The number of hydrogen-bond acceptors (Lipinski definition) is 3. The number of amides is 1. The molecule has 98 valence electrons. The van der Waals surface area contributed by atoms with Gasteiger partial charge in [0.15, 0.2) is 0 Å². The van der Waals surface area contributed by atoms with Gasteiger partial charge in [-0.1, -0.05) is 24.5 Å². The minimum Gasteiger partial charge on any atom is -0.398 e. The maximum Gasteiger partial charge on any atom is 0.253 e. The number of benzene rings is 1. The quantitative estimate of drug-likeness (QED) is 0.696. The van der Waals surface area contributed by atoms with Gasteiger partial charge in [0.2, 0.25) is 0 Å². The molecule has 0 aromatic heterocycles. The Morgan fingerprint density at radius 2 is 2.11 bits per heavy atom. The van der Waals surface area contributed by atoms with Gasteiger partial charge in [0.25, 0.3) is 5.91 Å². The van der Waals surface area contributed by atoms with E-state index in [0.29, 0.717) is 11.3 Å². The van der Waals surface area contributed by atoms with Crippen LogP contribution in [-0.2, 0) is 0 Å². The minimum absolute atomic E-state index is 0.147. The van der Waals surface area contributed by atoms with E-state index in [4.69, 9.17) is 5.73 Å². The van der Waals surface area contributed by atoms with Crippen LogP contribution in [-0.4, -0.2) is 23.2 Å². The number of aryl methyl sites for hydroxylation is 1. The Labute approximate surface area is 107 Å². The predicted molar refractivity (Wildman–Crippen MR) is 71.3 cm³/mol. The van der Waals surface area contributed by atoms with E-state index < -0.39 is 6.10 Å². The third-order valence-electron chi connectivity index (χ3n) is 3.50. The van der Waals surface area contributed by atoms with Gasteiger partial charge < -0.3 is 16.2 Å². The monoisotopic (exact) mass is 248 g/mol. The molecule has 1 amide bonds. The van der Waals surface area contributed by atoms with E-state index in [2.05, 4.69) is 5.32 Å². The second kappa shape index (κ2) is 5.40. The van der Waals surface area contributed by atoms with Crippen molar-refractivity contribution < 1.29 is 9.90 Å². The van der Waals surface area contributed by atoms with Gasteiger partial charge in [-0.05, 0) is 31.9 Å². The molecule has 4 nitrogen and oxygen atoms in total. The second-order valence-corrected chi connectivity index (χ2v) is 5.02. The maximum atomic E-state index is 12.1. The van der Waals surface area contributed by atoms with Crippen molar-refractivity contribution in [3.8, 4) is 0 Å². The zero-order valence-electron chi connectivity index (χ0n) is 10.6. The molecule has 2 atom stereocenters. The number of nitrogens with one attached hydrogen (secondary N) is 1. The first-order chi connectivity index (χ1) is 8.58. The summed E-state index contributed by atoms with van der Waals surface area (Å²) in [5.74, 6) is -0.192. The molecular formula is C14H20N2O2. The normalized spacial score (nSPS) is 23.7. The van der Waals surface area contributed by atoms with Crippen molar-refractivity contribution in [2.45, 2.75) is 44.8 Å². The first-order valence-corrected chi connectivity index (χ1v) is 6.43. The Bertz CT molecular complexity index is 445. The number of nitrogen functional groups attached to an aromatic ring is 1. The van der Waals surface area contributed by atoms with Crippen molar-refractivity contribution in [1.82, 2.24) is 5.32 Å². The Morgan fingerprint density at radius 1 is 1.39 bits per heavy atom. The largest absolute Gasteiger partial charge is 0.398 e. The summed E-state index contributed by atoms with van der Waals surface area (Å²) in [4.78, 5) is 12.1. The molecule has 0 spiro atoms. The molecule has 0 bridgehead atoms. The standard InChI is InChI=1S/C14H20N2O2/c1-9-6-7-11(15)10(8-9)14(18)16-12-4-2-3-5-13(12)17/h6-8,12-13,17H,2-5,15H2,1H3,(H,16,18)/t12-,13-/m0/s1. The molecule has 4 N–H and O–H groups in total. The van der Waals surface area contributed by atoms with Crippen LogP contribution < -0.4 is 11.1 Å². The average Bonchev–Trinajstić information content (AvgIpc) is 2.35.